The molecule has 1 aliphatic heterocycles. The summed E-state index contributed by atoms with van der Waals surface area (Å²) in [5.41, 5.74) is 0. The Morgan fingerprint density at radius 3 is 2.57 bits per heavy atom. The highest BCUT2D eigenvalue weighted by Crippen LogP contribution is 2.25. The summed E-state index contributed by atoms with van der Waals surface area (Å²) in [6.45, 7) is 2.76. The normalized spacial score (nSPS) is 21.5. The van der Waals surface area contributed by atoms with Gasteiger partial charge in [-0.25, -0.2) is 0 Å². The van der Waals surface area contributed by atoms with Crippen LogP contribution in [0.4, 0.5) is 0 Å². The predicted molar refractivity (Wildman–Crippen MR) is 83.7 cm³/mol. The number of likely N-dealkylation sites (tertiary alicyclic amines) is 1. The second-order valence-electron chi connectivity index (χ2n) is 5.27. The molecule has 1 aliphatic rings. The lowest BCUT2D eigenvalue weighted by Gasteiger charge is -2.15. The number of aliphatic carboxylic acids is 1. The number of amides is 1. The van der Waals surface area contributed by atoms with E-state index in [1.807, 2.05) is 31.2 Å². The molecule has 2 unspecified atom stereocenters. The lowest BCUT2D eigenvalue weighted by atomic mass is 9.99. The topological polar surface area (TPSA) is 57.6 Å². The van der Waals surface area contributed by atoms with Crippen LogP contribution in [-0.2, 0) is 9.59 Å². The van der Waals surface area contributed by atoms with Crippen molar-refractivity contribution < 1.29 is 14.7 Å². The lowest BCUT2D eigenvalue weighted by Crippen LogP contribution is -2.30. The molecule has 1 amide bonds. The summed E-state index contributed by atoms with van der Waals surface area (Å²) in [6.07, 6.45) is 0.423. The van der Waals surface area contributed by atoms with Crippen molar-refractivity contribution in [3.05, 3.63) is 29.3 Å². The van der Waals surface area contributed by atoms with E-state index >= 15 is 0 Å². The molecule has 0 aromatic heterocycles. The van der Waals surface area contributed by atoms with Crippen molar-refractivity contribution in [2.24, 2.45) is 11.8 Å². The molecule has 0 aliphatic carbocycles. The zero-order valence-electron chi connectivity index (χ0n) is 11.8. The highest BCUT2D eigenvalue weighted by Gasteiger charge is 2.36. The minimum atomic E-state index is -0.812. The molecular weight excluding hydrogens is 310 g/mol. The van der Waals surface area contributed by atoms with E-state index in [4.69, 9.17) is 16.7 Å². The van der Waals surface area contributed by atoms with Gasteiger partial charge < -0.3 is 10.0 Å². The zero-order valence-corrected chi connectivity index (χ0v) is 13.4. The highest BCUT2D eigenvalue weighted by molar-refractivity contribution is 7.99. The molecule has 0 saturated carbocycles. The summed E-state index contributed by atoms with van der Waals surface area (Å²) in [7, 11) is 0. The number of hydrogen-bond acceptors (Lipinski definition) is 3. The Balaban J connectivity index is 1.77. The SMILES string of the molecule is CC1CN(C(=O)CCSc2ccc(Cl)cc2)CC1C(=O)O. The van der Waals surface area contributed by atoms with Gasteiger partial charge in [-0.1, -0.05) is 18.5 Å². The molecule has 1 saturated heterocycles. The number of halogens is 1. The summed E-state index contributed by atoms with van der Waals surface area (Å²) in [6, 6.07) is 7.50. The number of carboxylic acid groups (broad SMARTS) is 1. The minimum Gasteiger partial charge on any atom is -0.481 e. The third-order valence-electron chi connectivity index (χ3n) is 3.68. The van der Waals surface area contributed by atoms with Gasteiger partial charge in [0.1, 0.15) is 0 Å². The third-order valence-corrected chi connectivity index (χ3v) is 4.95. The van der Waals surface area contributed by atoms with E-state index in [0.29, 0.717) is 30.3 Å². The number of benzene rings is 1. The molecule has 1 fully saturated rings. The molecule has 114 valence electrons. The fraction of sp³-hybridized carbons (Fsp3) is 0.467. The number of carbonyl (C=O) groups excluding carboxylic acids is 1. The first-order valence-corrected chi connectivity index (χ1v) is 8.22. The third kappa shape index (κ3) is 4.38. The van der Waals surface area contributed by atoms with Crippen molar-refractivity contribution >= 4 is 35.2 Å². The molecule has 6 heteroatoms. The van der Waals surface area contributed by atoms with Crippen molar-refractivity contribution in [3.63, 3.8) is 0 Å². The molecule has 2 rings (SSSR count). The summed E-state index contributed by atoms with van der Waals surface area (Å²) in [5, 5.41) is 9.77. The van der Waals surface area contributed by atoms with Crippen LogP contribution in [0.3, 0.4) is 0 Å². The predicted octanol–water partition coefficient (Wildman–Crippen LogP) is 3.00. The van der Waals surface area contributed by atoms with E-state index in [9.17, 15) is 9.59 Å². The average molecular weight is 328 g/mol. The van der Waals surface area contributed by atoms with Crippen molar-refractivity contribution in [3.8, 4) is 0 Å². The van der Waals surface area contributed by atoms with Gasteiger partial charge in [-0.3, -0.25) is 9.59 Å². The van der Waals surface area contributed by atoms with Crippen LogP contribution in [0.5, 0.6) is 0 Å². The number of rotatable bonds is 5. The van der Waals surface area contributed by atoms with Gasteiger partial charge in [-0.2, -0.15) is 0 Å². The van der Waals surface area contributed by atoms with Crippen LogP contribution in [0.1, 0.15) is 13.3 Å². The van der Waals surface area contributed by atoms with Crippen LogP contribution >= 0.6 is 23.4 Å². The number of nitrogens with zero attached hydrogens (tertiary/aromatic N) is 1. The number of carboxylic acids is 1. The lowest BCUT2D eigenvalue weighted by molar-refractivity contribution is -0.142. The number of carbonyl (C=O) groups is 2. The largest absolute Gasteiger partial charge is 0.481 e. The van der Waals surface area contributed by atoms with Gasteiger partial charge in [-0.05, 0) is 30.2 Å². The van der Waals surface area contributed by atoms with E-state index in [1.165, 1.54) is 0 Å². The number of hydrogen-bond donors (Lipinski definition) is 1. The van der Waals surface area contributed by atoms with Crippen molar-refractivity contribution in [2.45, 2.75) is 18.2 Å². The van der Waals surface area contributed by atoms with E-state index in [-0.39, 0.29) is 11.8 Å². The maximum atomic E-state index is 12.1. The van der Waals surface area contributed by atoms with Crippen LogP contribution in [0.15, 0.2) is 29.2 Å². The summed E-state index contributed by atoms with van der Waals surface area (Å²) >= 11 is 7.42. The molecule has 21 heavy (non-hydrogen) atoms. The van der Waals surface area contributed by atoms with E-state index in [0.717, 1.165) is 4.90 Å². The van der Waals surface area contributed by atoms with Gasteiger partial charge in [0, 0.05) is 35.2 Å². The Morgan fingerprint density at radius 2 is 2.00 bits per heavy atom. The Hall–Kier alpha value is -1.20. The standard InChI is InChI=1S/C15H18ClNO3S/c1-10-8-17(9-13(10)15(19)20)14(18)6-7-21-12-4-2-11(16)3-5-12/h2-5,10,13H,6-9H2,1H3,(H,19,20). The molecule has 4 nitrogen and oxygen atoms in total. The Morgan fingerprint density at radius 1 is 1.33 bits per heavy atom. The van der Waals surface area contributed by atoms with Gasteiger partial charge in [0.15, 0.2) is 0 Å². The second-order valence-corrected chi connectivity index (χ2v) is 6.88. The van der Waals surface area contributed by atoms with Crippen LogP contribution in [0.25, 0.3) is 0 Å². The molecule has 0 radical (unpaired) electrons. The molecule has 1 aromatic carbocycles. The molecule has 0 bridgehead atoms. The first kappa shape index (κ1) is 16.2. The second kappa shape index (κ2) is 7.18. The fourth-order valence-electron chi connectivity index (χ4n) is 2.44. The molecule has 2 atom stereocenters. The maximum Gasteiger partial charge on any atom is 0.308 e. The quantitative estimate of drug-likeness (QED) is 0.845. The smallest absolute Gasteiger partial charge is 0.308 e. The van der Waals surface area contributed by atoms with E-state index in [2.05, 4.69) is 0 Å². The summed E-state index contributed by atoms with van der Waals surface area (Å²) in [4.78, 5) is 25.9. The van der Waals surface area contributed by atoms with E-state index < -0.39 is 11.9 Å². The molecule has 1 heterocycles. The first-order valence-electron chi connectivity index (χ1n) is 6.86. The zero-order chi connectivity index (χ0) is 15.4. The molecule has 1 aromatic rings. The maximum absolute atomic E-state index is 12.1. The van der Waals surface area contributed by atoms with Crippen LogP contribution < -0.4 is 0 Å². The minimum absolute atomic E-state index is 0.0235. The van der Waals surface area contributed by atoms with Gasteiger partial charge in [-0.15, -0.1) is 11.8 Å². The molecule has 0 spiro atoms. The van der Waals surface area contributed by atoms with Gasteiger partial charge >= 0.3 is 5.97 Å². The molecular formula is C15H18ClNO3S. The van der Waals surface area contributed by atoms with Gasteiger partial charge in [0.2, 0.25) is 5.91 Å². The summed E-state index contributed by atoms with van der Waals surface area (Å²) < 4.78 is 0. The Labute approximate surface area is 133 Å². The van der Waals surface area contributed by atoms with Crippen LogP contribution in [0, 0.1) is 11.8 Å². The monoisotopic (exact) mass is 327 g/mol. The van der Waals surface area contributed by atoms with Crippen molar-refractivity contribution in [2.75, 3.05) is 18.8 Å². The van der Waals surface area contributed by atoms with Gasteiger partial charge in [0.25, 0.3) is 0 Å². The average Bonchev–Trinajstić information content (AvgIpc) is 2.83. The Kier molecular flexibility index (Phi) is 5.53. The van der Waals surface area contributed by atoms with Crippen molar-refractivity contribution in [1.82, 2.24) is 4.90 Å². The Bertz CT molecular complexity index is 520. The van der Waals surface area contributed by atoms with Crippen molar-refractivity contribution in [1.29, 1.82) is 0 Å². The summed E-state index contributed by atoms with van der Waals surface area (Å²) in [5.74, 6) is -0.503. The van der Waals surface area contributed by atoms with Crippen LogP contribution in [0.2, 0.25) is 5.02 Å². The van der Waals surface area contributed by atoms with Gasteiger partial charge in [0.05, 0.1) is 5.92 Å². The van der Waals surface area contributed by atoms with Crippen LogP contribution in [-0.4, -0.2) is 40.7 Å². The first-order chi connectivity index (χ1) is 9.97. The van der Waals surface area contributed by atoms with E-state index in [1.54, 1.807) is 16.7 Å². The highest BCUT2D eigenvalue weighted by atomic mass is 35.5. The molecule has 1 N–H and O–H groups in total. The number of thioether (sulfide) groups is 1. The fourth-order valence-corrected chi connectivity index (χ4v) is 3.40.